The zero-order valence-electron chi connectivity index (χ0n) is 10.5. The van der Waals surface area contributed by atoms with Gasteiger partial charge in [0.15, 0.2) is 0 Å². The number of nitrogens with zero attached hydrogens (tertiary/aromatic N) is 3. The number of aromatic nitrogens is 3. The molecule has 0 fully saturated rings. The second kappa shape index (κ2) is 4.26. The first kappa shape index (κ1) is 11.0. The molecule has 90 valence electrons. The van der Waals surface area contributed by atoms with E-state index in [-0.39, 0.29) is 0 Å². The minimum absolute atomic E-state index is 0.416. The van der Waals surface area contributed by atoms with Crippen LogP contribution in [0.25, 0.3) is 16.8 Å². The molecule has 0 saturated carbocycles. The van der Waals surface area contributed by atoms with Gasteiger partial charge in [-0.05, 0) is 24.1 Å². The molecule has 3 heteroatoms. The van der Waals surface area contributed by atoms with E-state index >= 15 is 0 Å². The van der Waals surface area contributed by atoms with E-state index in [1.807, 2.05) is 35.1 Å². The molecule has 18 heavy (non-hydrogen) atoms. The molecular formula is C15H15N3. The van der Waals surface area contributed by atoms with E-state index in [1.165, 1.54) is 11.1 Å². The van der Waals surface area contributed by atoms with Crippen molar-refractivity contribution in [2.24, 2.45) is 0 Å². The first-order valence-electron chi connectivity index (χ1n) is 6.14. The molecule has 0 aromatic carbocycles. The molecular weight excluding hydrogens is 222 g/mol. The number of pyridine rings is 2. The summed E-state index contributed by atoms with van der Waals surface area (Å²) >= 11 is 0. The lowest BCUT2D eigenvalue weighted by Gasteiger charge is -2.11. The Morgan fingerprint density at radius 2 is 1.94 bits per heavy atom. The Morgan fingerprint density at radius 1 is 1.06 bits per heavy atom. The molecule has 0 bridgehead atoms. The van der Waals surface area contributed by atoms with Gasteiger partial charge in [0.1, 0.15) is 5.65 Å². The van der Waals surface area contributed by atoms with Crippen molar-refractivity contribution in [1.29, 1.82) is 0 Å². The topological polar surface area (TPSA) is 30.2 Å². The van der Waals surface area contributed by atoms with Gasteiger partial charge in [0.25, 0.3) is 0 Å². The van der Waals surface area contributed by atoms with Gasteiger partial charge in [0.2, 0.25) is 0 Å². The second-order valence-electron chi connectivity index (χ2n) is 4.70. The summed E-state index contributed by atoms with van der Waals surface area (Å²) in [5.74, 6) is 0.416. The monoisotopic (exact) mass is 237 g/mol. The van der Waals surface area contributed by atoms with Crippen molar-refractivity contribution < 1.29 is 0 Å². The Morgan fingerprint density at radius 3 is 2.78 bits per heavy atom. The number of hydrogen-bond donors (Lipinski definition) is 0. The lowest BCUT2D eigenvalue weighted by atomic mass is 9.99. The maximum atomic E-state index is 4.50. The van der Waals surface area contributed by atoms with Gasteiger partial charge < -0.3 is 4.40 Å². The van der Waals surface area contributed by atoms with Crippen LogP contribution in [0.2, 0.25) is 0 Å². The minimum Gasteiger partial charge on any atom is -0.306 e. The quantitative estimate of drug-likeness (QED) is 0.682. The molecule has 3 rings (SSSR count). The predicted molar refractivity (Wildman–Crippen MR) is 72.5 cm³/mol. The fourth-order valence-corrected chi connectivity index (χ4v) is 2.20. The summed E-state index contributed by atoms with van der Waals surface area (Å²) in [5, 5.41) is 0. The highest BCUT2D eigenvalue weighted by molar-refractivity contribution is 5.67. The van der Waals surface area contributed by atoms with Crippen molar-refractivity contribution in [1.82, 2.24) is 14.4 Å². The van der Waals surface area contributed by atoms with Crippen LogP contribution in [0.4, 0.5) is 0 Å². The zero-order valence-corrected chi connectivity index (χ0v) is 10.5. The molecule has 0 saturated heterocycles. The molecule has 0 atom stereocenters. The van der Waals surface area contributed by atoms with Gasteiger partial charge in [0, 0.05) is 35.9 Å². The van der Waals surface area contributed by atoms with E-state index in [1.54, 1.807) is 0 Å². The van der Waals surface area contributed by atoms with E-state index < -0.39 is 0 Å². The molecule has 0 aliphatic heterocycles. The van der Waals surface area contributed by atoms with Crippen LogP contribution in [0.15, 0.2) is 49.1 Å². The molecule has 3 aromatic rings. The maximum absolute atomic E-state index is 4.50. The Balaban J connectivity index is 2.19. The summed E-state index contributed by atoms with van der Waals surface area (Å²) in [6.45, 7) is 4.34. The fraction of sp³-hybridized carbons (Fsp3) is 0.200. The van der Waals surface area contributed by atoms with Crippen LogP contribution in [-0.2, 0) is 0 Å². The van der Waals surface area contributed by atoms with E-state index in [9.17, 15) is 0 Å². The van der Waals surface area contributed by atoms with Crippen LogP contribution in [0.1, 0.15) is 25.5 Å². The molecule has 0 radical (unpaired) electrons. The number of fused-ring (bicyclic) bond motifs is 1. The van der Waals surface area contributed by atoms with Crippen molar-refractivity contribution in [2.45, 2.75) is 19.8 Å². The average molecular weight is 237 g/mol. The van der Waals surface area contributed by atoms with Crippen molar-refractivity contribution >= 4 is 5.65 Å². The first-order chi connectivity index (χ1) is 8.75. The van der Waals surface area contributed by atoms with Gasteiger partial charge in [-0.2, -0.15) is 0 Å². The van der Waals surface area contributed by atoms with Crippen LogP contribution < -0.4 is 0 Å². The summed E-state index contributed by atoms with van der Waals surface area (Å²) in [5.41, 5.74) is 4.48. The van der Waals surface area contributed by atoms with Crippen LogP contribution in [-0.4, -0.2) is 14.4 Å². The van der Waals surface area contributed by atoms with Crippen LogP contribution >= 0.6 is 0 Å². The van der Waals surface area contributed by atoms with Gasteiger partial charge >= 0.3 is 0 Å². The molecule has 0 amide bonds. The van der Waals surface area contributed by atoms with Gasteiger partial charge in [-0.15, -0.1) is 0 Å². The number of imidazole rings is 1. The highest BCUT2D eigenvalue weighted by Gasteiger charge is 2.09. The third-order valence-corrected chi connectivity index (χ3v) is 3.09. The molecule has 0 unspecified atom stereocenters. The normalized spacial score (nSPS) is 11.3. The molecule has 3 nitrogen and oxygen atoms in total. The summed E-state index contributed by atoms with van der Waals surface area (Å²) in [4.78, 5) is 8.76. The molecule has 3 heterocycles. The molecule has 0 N–H and O–H groups in total. The summed E-state index contributed by atoms with van der Waals surface area (Å²) in [6.07, 6.45) is 7.73. The lowest BCUT2D eigenvalue weighted by Crippen LogP contribution is -1.96. The van der Waals surface area contributed by atoms with Gasteiger partial charge in [-0.25, -0.2) is 4.98 Å². The Labute approximate surface area is 106 Å². The summed E-state index contributed by atoms with van der Waals surface area (Å²) in [6, 6.07) is 8.25. The zero-order chi connectivity index (χ0) is 12.5. The molecule has 3 aromatic heterocycles. The van der Waals surface area contributed by atoms with Crippen LogP contribution in [0, 0.1) is 0 Å². The van der Waals surface area contributed by atoms with E-state index in [2.05, 4.69) is 42.1 Å². The highest BCUT2D eigenvalue weighted by Crippen LogP contribution is 2.27. The minimum atomic E-state index is 0.416. The fourth-order valence-electron chi connectivity index (χ4n) is 2.20. The van der Waals surface area contributed by atoms with Gasteiger partial charge in [-0.3, -0.25) is 4.98 Å². The van der Waals surface area contributed by atoms with E-state index in [0.29, 0.717) is 5.92 Å². The van der Waals surface area contributed by atoms with Crippen molar-refractivity contribution in [3.63, 3.8) is 0 Å². The number of hydrogen-bond acceptors (Lipinski definition) is 2. The Bertz CT molecular complexity index is 683. The lowest BCUT2D eigenvalue weighted by molar-refractivity contribution is 0.825. The predicted octanol–water partition coefficient (Wildman–Crippen LogP) is 3.52. The van der Waals surface area contributed by atoms with Crippen molar-refractivity contribution in [3.8, 4) is 11.1 Å². The Hall–Kier alpha value is -2.16. The smallest absolute Gasteiger partial charge is 0.136 e. The van der Waals surface area contributed by atoms with Crippen LogP contribution in [0.3, 0.4) is 0 Å². The standard InChI is InChI=1S/C15H15N3/c1-11(2)15-13(4-3-7-17-15)12-5-6-14-16-8-9-18(14)10-12/h3-11H,1-2H3. The average Bonchev–Trinajstić information content (AvgIpc) is 2.85. The van der Waals surface area contributed by atoms with E-state index in [4.69, 9.17) is 0 Å². The third kappa shape index (κ3) is 1.78. The van der Waals surface area contributed by atoms with Crippen molar-refractivity contribution in [2.75, 3.05) is 0 Å². The maximum Gasteiger partial charge on any atom is 0.136 e. The summed E-state index contributed by atoms with van der Waals surface area (Å²) in [7, 11) is 0. The summed E-state index contributed by atoms with van der Waals surface area (Å²) < 4.78 is 2.03. The van der Waals surface area contributed by atoms with E-state index in [0.717, 1.165) is 11.3 Å². The van der Waals surface area contributed by atoms with Gasteiger partial charge in [0.05, 0.1) is 5.69 Å². The molecule has 0 aliphatic rings. The number of rotatable bonds is 2. The first-order valence-corrected chi connectivity index (χ1v) is 6.14. The highest BCUT2D eigenvalue weighted by atomic mass is 15.0. The molecule has 0 spiro atoms. The largest absolute Gasteiger partial charge is 0.306 e. The molecule has 0 aliphatic carbocycles. The van der Waals surface area contributed by atoms with Crippen molar-refractivity contribution in [3.05, 3.63) is 54.7 Å². The third-order valence-electron chi connectivity index (χ3n) is 3.09. The Kier molecular flexibility index (Phi) is 2.59. The van der Waals surface area contributed by atoms with Gasteiger partial charge in [-0.1, -0.05) is 19.9 Å². The SMILES string of the molecule is CC(C)c1ncccc1-c1ccc2nccn2c1. The van der Waals surface area contributed by atoms with Crippen LogP contribution in [0.5, 0.6) is 0 Å². The second-order valence-corrected chi connectivity index (χ2v) is 4.70.